The Hall–Kier alpha value is -3.09. The van der Waals surface area contributed by atoms with E-state index < -0.39 is 11.4 Å². The van der Waals surface area contributed by atoms with E-state index in [1.807, 2.05) is 4.90 Å². The van der Waals surface area contributed by atoms with Crippen LogP contribution in [-0.4, -0.2) is 55.5 Å². The van der Waals surface area contributed by atoms with Crippen LogP contribution in [0.1, 0.15) is 42.4 Å². The Bertz CT molecular complexity index is 1070. The molecule has 2 aromatic carbocycles. The third-order valence-electron chi connectivity index (χ3n) is 7.14. The van der Waals surface area contributed by atoms with Crippen LogP contribution in [0.25, 0.3) is 0 Å². The molecule has 182 valence electrons. The second kappa shape index (κ2) is 10.0. The Kier molecular flexibility index (Phi) is 7.10. The van der Waals surface area contributed by atoms with Gasteiger partial charge in [-0.1, -0.05) is 23.8 Å². The normalized spacial score (nSPS) is 20.4. The fourth-order valence-electron chi connectivity index (χ4n) is 5.25. The minimum atomic E-state index is -0.490. The molecule has 0 bridgehead atoms. The van der Waals surface area contributed by atoms with Crippen LogP contribution in [0.2, 0.25) is 0 Å². The van der Waals surface area contributed by atoms with Crippen molar-refractivity contribution in [1.82, 2.24) is 10.2 Å². The summed E-state index contributed by atoms with van der Waals surface area (Å²) < 4.78 is 18.9. The fraction of sp³-hybridized carbons (Fsp3) is 0.481. The van der Waals surface area contributed by atoms with Gasteiger partial charge in [-0.15, -0.1) is 0 Å². The maximum absolute atomic E-state index is 13.8. The van der Waals surface area contributed by atoms with Crippen LogP contribution in [0.3, 0.4) is 0 Å². The first-order chi connectivity index (χ1) is 16.3. The van der Waals surface area contributed by atoms with Gasteiger partial charge in [0.05, 0.1) is 7.11 Å². The monoisotopic (exact) mass is 467 g/mol. The van der Waals surface area contributed by atoms with Crippen LogP contribution in [0.5, 0.6) is 5.75 Å². The van der Waals surface area contributed by atoms with Crippen molar-refractivity contribution < 1.29 is 18.7 Å². The number of piperazine rings is 1. The quantitative estimate of drug-likeness (QED) is 0.674. The molecule has 1 N–H and O–H groups in total. The van der Waals surface area contributed by atoms with E-state index in [-0.39, 0.29) is 17.6 Å². The largest absolute Gasteiger partial charge is 0.494 e. The zero-order chi connectivity index (χ0) is 24.3. The van der Waals surface area contributed by atoms with E-state index in [2.05, 4.69) is 42.3 Å². The van der Waals surface area contributed by atoms with E-state index >= 15 is 0 Å². The van der Waals surface area contributed by atoms with Gasteiger partial charge in [0.2, 0.25) is 11.8 Å². The van der Waals surface area contributed by atoms with Gasteiger partial charge in [0.25, 0.3) is 0 Å². The van der Waals surface area contributed by atoms with Crippen LogP contribution in [0.4, 0.5) is 10.1 Å². The van der Waals surface area contributed by atoms with Crippen molar-refractivity contribution in [3.8, 4) is 5.75 Å². The molecule has 6 nitrogen and oxygen atoms in total. The van der Waals surface area contributed by atoms with Crippen LogP contribution in [0, 0.1) is 19.7 Å². The van der Waals surface area contributed by atoms with E-state index in [4.69, 9.17) is 4.74 Å². The van der Waals surface area contributed by atoms with Crippen LogP contribution in [0.15, 0.2) is 36.4 Å². The first-order valence-corrected chi connectivity index (χ1v) is 12.0. The van der Waals surface area contributed by atoms with Gasteiger partial charge >= 0.3 is 0 Å². The number of halogens is 1. The lowest BCUT2D eigenvalue weighted by Crippen LogP contribution is -2.50. The van der Waals surface area contributed by atoms with Crippen molar-refractivity contribution >= 4 is 17.5 Å². The second-order valence-electron chi connectivity index (χ2n) is 9.63. The summed E-state index contributed by atoms with van der Waals surface area (Å²) in [7, 11) is 1.44. The molecule has 34 heavy (non-hydrogen) atoms. The van der Waals surface area contributed by atoms with Crippen molar-refractivity contribution in [2.75, 3.05) is 38.2 Å². The van der Waals surface area contributed by atoms with Crippen molar-refractivity contribution in [1.29, 1.82) is 0 Å². The molecule has 2 fully saturated rings. The zero-order valence-electron chi connectivity index (χ0n) is 20.3. The summed E-state index contributed by atoms with van der Waals surface area (Å²) in [6, 6.07) is 11.3. The Morgan fingerprint density at radius 1 is 1.12 bits per heavy atom. The predicted molar refractivity (Wildman–Crippen MR) is 131 cm³/mol. The second-order valence-corrected chi connectivity index (χ2v) is 9.63. The summed E-state index contributed by atoms with van der Waals surface area (Å²) in [5.41, 5.74) is 4.14. The number of hydrogen-bond donors (Lipinski definition) is 1. The highest BCUT2D eigenvalue weighted by atomic mass is 19.1. The highest BCUT2D eigenvalue weighted by molar-refractivity contribution is 5.80. The third-order valence-corrected chi connectivity index (χ3v) is 7.14. The highest BCUT2D eigenvalue weighted by Crippen LogP contribution is 2.32. The van der Waals surface area contributed by atoms with E-state index in [1.54, 1.807) is 12.1 Å². The number of aryl methyl sites for hydroxylation is 2. The Morgan fingerprint density at radius 2 is 1.88 bits per heavy atom. The summed E-state index contributed by atoms with van der Waals surface area (Å²) in [6.45, 7) is 7.24. The minimum absolute atomic E-state index is 0.00334. The summed E-state index contributed by atoms with van der Waals surface area (Å²) in [4.78, 5) is 29.4. The molecular formula is C27H34FN3O3. The molecule has 2 saturated heterocycles. The maximum atomic E-state index is 13.8. The molecule has 0 aliphatic carbocycles. The summed E-state index contributed by atoms with van der Waals surface area (Å²) in [5.74, 6) is -0.0956. The van der Waals surface area contributed by atoms with E-state index in [1.165, 1.54) is 30.0 Å². The van der Waals surface area contributed by atoms with Crippen LogP contribution >= 0.6 is 0 Å². The van der Waals surface area contributed by atoms with Gasteiger partial charge in [-0.3, -0.25) is 9.59 Å². The predicted octanol–water partition coefficient (Wildman–Crippen LogP) is 3.77. The number of nitrogens with zero attached hydrogens (tertiary/aromatic N) is 2. The molecule has 0 aromatic heterocycles. The van der Waals surface area contributed by atoms with Crippen LogP contribution < -0.4 is 15.0 Å². The fourth-order valence-corrected chi connectivity index (χ4v) is 5.25. The van der Waals surface area contributed by atoms with Gasteiger partial charge in [0.15, 0.2) is 11.6 Å². The molecule has 0 radical (unpaired) electrons. The number of hydrogen-bond acceptors (Lipinski definition) is 4. The van der Waals surface area contributed by atoms with Crippen molar-refractivity contribution in [2.24, 2.45) is 0 Å². The molecule has 2 aliphatic rings. The van der Waals surface area contributed by atoms with Crippen molar-refractivity contribution in [2.45, 2.75) is 51.5 Å². The number of methoxy groups -OCH3 is 1. The SMILES string of the molecule is COc1cc(C[C@@]2(CCC(=O)N3CCN(c4ccc(C)cc4C)CC3)CCC(=O)N2)ccc1F. The van der Waals surface area contributed by atoms with Gasteiger partial charge in [0, 0.05) is 50.2 Å². The lowest BCUT2D eigenvalue weighted by molar-refractivity contribution is -0.132. The van der Waals surface area contributed by atoms with Gasteiger partial charge in [-0.2, -0.15) is 0 Å². The Morgan fingerprint density at radius 3 is 2.53 bits per heavy atom. The van der Waals surface area contributed by atoms with Crippen molar-refractivity contribution in [3.63, 3.8) is 0 Å². The number of carbonyl (C=O) groups is 2. The summed E-state index contributed by atoms with van der Waals surface area (Å²) in [5, 5.41) is 3.11. The first kappa shape index (κ1) is 24.0. The first-order valence-electron chi connectivity index (χ1n) is 12.0. The lowest BCUT2D eigenvalue weighted by atomic mass is 9.84. The summed E-state index contributed by atoms with van der Waals surface area (Å²) >= 11 is 0. The van der Waals surface area contributed by atoms with Crippen LogP contribution in [-0.2, 0) is 16.0 Å². The number of anilines is 1. The molecule has 0 saturated carbocycles. The zero-order valence-corrected chi connectivity index (χ0v) is 20.3. The lowest BCUT2D eigenvalue weighted by Gasteiger charge is -2.37. The molecule has 0 spiro atoms. The van der Waals surface area contributed by atoms with Gasteiger partial charge in [0.1, 0.15) is 0 Å². The standard InChI is InChI=1S/C27H34FN3O3/c1-19-4-7-23(20(2)16-19)30-12-14-31(15-13-30)26(33)9-11-27(10-8-25(32)29-27)18-21-5-6-22(28)24(17-21)34-3/h4-7,16-17H,8-15,18H2,1-3H3,(H,29,32)/t27-/m0/s1. The molecule has 2 aromatic rings. The van der Waals surface area contributed by atoms with E-state index in [9.17, 15) is 14.0 Å². The Labute approximate surface area is 201 Å². The maximum Gasteiger partial charge on any atom is 0.222 e. The number of ether oxygens (including phenoxy) is 1. The molecule has 2 aliphatic heterocycles. The van der Waals surface area contributed by atoms with E-state index in [0.29, 0.717) is 45.2 Å². The number of nitrogens with one attached hydrogen (secondary N) is 1. The number of carbonyl (C=O) groups excluding carboxylic acids is 2. The topological polar surface area (TPSA) is 61.9 Å². The van der Waals surface area contributed by atoms with E-state index in [0.717, 1.165) is 18.7 Å². The van der Waals surface area contributed by atoms with Gasteiger partial charge < -0.3 is 19.9 Å². The average Bonchev–Trinajstić information content (AvgIpc) is 3.19. The third kappa shape index (κ3) is 5.34. The number of rotatable bonds is 7. The van der Waals surface area contributed by atoms with Crippen molar-refractivity contribution in [3.05, 3.63) is 58.9 Å². The minimum Gasteiger partial charge on any atom is -0.494 e. The van der Waals surface area contributed by atoms with Gasteiger partial charge in [-0.05, 0) is 62.4 Å². The highest BCUT2D eigenvalue weighted by Gasteiger charge is 2.38. The molecule has 0 unspecified atom stereocenters. The molecule has 1 atom stereocenters. The molecule has 7 heteroatoms. The summed E-state index contributed by atoms with van der Waals surface area (Å²) in [6.07, 6.45) is 2.60. The number of amides is 2. The molecule has 2 heterocycles. The Balaban J connectivity index is 1.36. The smallest absolute Gasteiger partial charge is 0.222 e. The number of benzene rings is 2. The molecule has 2 amide bonds. The molecule has 4 rings (SSSR count). The average molecular weight is 468 g/mol. The molecular weight excluding hydrogens is 433 g/mol. The van der Waals surface area contributed by atoms with Gasteiger partial charge in [-0.25, -0.2) is 4.39 Å².